The molecule has 0 N–H and O–H groups in total. The van der Waals surface area contributed by atoms with Crippen molar-refractivity contribution in [2.75, 3.05) is 19.8 Å². The van der Waals surface area contributed by atoms with Crippen molar-refractivity contribution < 1.29 is 14.2 Å². The molecule has 1 aromatic carbocycles. The number of benzene rings is 1. The van der Waals surface area contributed by atoms with Crippen LogP contribution in [-0.4, -0.2) is 35.0 Å². The van der Waals surface area contributed by atoms with Crippen LogP contribution in [0.4, 0.5) is 0 Å². The van der Waals surface area contributed by atoms with E-state index in [2.05, 4.69) is 18.5 Å². The third kappa shape index (κ3) is 2.83. The zero-order valence-electron chi connectivity index (χ0n) is 16.1. The van der Waals surface area contributed by atoms with Crippen LogP contribution in [0.5, 0.6) is 11.6 Å². The Hall–Kier alpha value is -2.60. The van der Waals surface area contributed by atoms with Crippen LogP contribution in [0, 0.1) is 5.41 Å². The lowest BCUT2D eigenvalue weighted by molar-refractivity contribution is -0.0485. The highest BCUT2D eigenvalue weighted by atomic mass is 16.6. The maximum atomic E-state index is 12.5. The number of rotatable bonds is 6. The van der Waals surface area contributed by atoms with Crippen LogP contribution in [0.2, 0.25) is 0 Å². The zero-order valence-corrected chi connectivity index (χ0v) is 16.1. The first-order chi connectivity index (χ1) is 13.5. The number of hydrogen-bond acceptors (Lipinski definition) is 5. The monoisotopic (exact) mass is 380 g/mol. The number of ether oxygens (including phenoxy) is 3. The van der Waals surface area contributed by atoms with Gasteiger partial charge in [0.25, 0.3) is 0 Å². The maximum absolute atomic E-state index is 12.5. The zero-order chi connectivity index (χ0) is 19.4. The molecule has 6 heteroatoms. The predicted octanol–water partition coefficient (Wildman–Crippen LogP) is 2.98. The third-order valence-corrected chi connectivity index (χ3v) is 6.02. The van der Waals surface area contributed by atoms with Gasteiger partial charge in [0.1, 0.15) is 24.6 Å². The minimum absolute atomic E-state index is 0.197. The lowest BCUT2D eigenvalue weighted by Gasteiger charge is -2.41. The molecule has 2 aromatic rings. The second kappa shape index (κ2) is 6.21. The van der Waals surface area contributed by atoms with Gasteiger partial charge in [-0.15, -0.1) is 0 Å². The minimum Gasteiger partial charge on any atom is -0.490 e. The lowest BCUT2D eigenvalue weighted by Crippen LogP contribution is -2.47. The highest BCUT2D eigenvalue weighted by Gasteiger charge is 2.60. The van der Waals surface area contributed by atoms with E-state index in [1.165, 1.54) is 0 Å². The van der Waals surface area contributed by atoms with Gasteiger partial charge in [-0.1, -0.05) is 19.6 Å². The molecule has 0 unspecified atom stereocenters. The van der Waals surface area contributed by atoms with E-state index in [1.807, 2.05) is 24.3 Å². The molecule has 0 spiro atoms. The van der Waals surface area contributed by atoms with Gasteiger partial charge in [0.15, 0.2) is 0 Å². The first-order valence-corrected chi connectivity index (χ1v) is 9.75. The van der Waals surface area contributed by atoms with Crippen LogP contribution in [0.1, 0.15) is 25.3 Å². The SMILES string of the molecule is C=CCOc1ccc2c(c1)CCn1c-2cc(OCC23CC(C)(CO2)C3)nc1=O. The highest BCUT2D eigenvalue weighted by Crippen LogP contribution is 2.57. The van der Waals surface area contributed by atoms with Crippen molar-refractivity contribution in [2.24, 2.45) is 5.41 Å². The summed E-state index contributed by atoms with van der Waals surface area (Å²) in [6.45, 7) is 8.23. The molecule has 3 fully saturated rings. The van der Waals surface area contributed by atoms with Crippen molar-refractivity contribution in [3.8, 4) is 22.9 Å². The summed E-state index contributed by atoms with van der Waals surface area (Å²) in [4.78, 5) is 16.7. The van der Waals surface area contributed by atoms with E-state index in [0.29, 0.717) is 31.1 Å². The molecule has 1 saturated carbocycles. The third-order valence-electron chi connectivity index (χ3n) is 6.02. The van der Waals surface area contributed by atoms with Crippen molar-refractivity contribution in [1.29, 1.82) is 0 Å². The van der Waals surface area contributed by atoms with Crippen LogP contribution in [0.15, 0.2) is 41.7 Å². The van der Waals surface area contributed by atoms with Crippen LogP contribution in [0.3, 0.4) is 0 Å². The van der Waals surface area contributed by atoms with Crippen LogP contribution < -0.4 is 15.2 Å². The quantitative estimate of drug-likeness (QED) is 0.721. The molecule has 0 radical (unpaired) electrons. The number of aromatic nitrogens is 2. The summed E-state index contributed by atoms with van der Waals surface area (Å²) < 4.78 is 19.2. The van der Waals surface area contributed by atoms with Crippen molar-refractivity contribution in [3.05, 3.63) is 53.0 Å². The van der Waals surface area contributed by atoms with Gasteiger partial charge in [-0.05, 0) is 48.4 Å². The Balaban J connectivity index is 1.41. The van der Waals surface area contributed by atoms with E-state index in [-0.39, 0.29) is 11.3 Å². The molecule has 0 atom stereocenters. The fraction of sp³-hybridized carbons (Fsp3) is 0.455. The first-order valence-electron chi connectivity index (χ1n) is 9.75. The molecule has 2 saturated heterocycles. The average Bonchev–Trinajstić information content (AvgIpc) is 3.18. The number of aryl methyl sites for hydroxylation is 1. The Morgan fingerprint density at radius 3 is 2.93 bits per heavy atom. The second-order valence-corrected chi connectivity index (χ2v) is 8.51. The van der Waals surface area contributed by atoms with Crippen LogP contribution in [-0.2, 0) is 17.7 Å². The Bertz CT molecular complexity index is 1000. The van der Waals surface area contributed by atoms with Gasteiger partial charge in [0, 0.05) is 18.2 Å². The standard InChI is InChI=1S/C22H24N2O4/c1-3-8-26-16-4-5-17-15(9-16)6-7-24-18(17)10-19(23-20(24)25)27-14-22-11-21(2,12-22)13-28-22/h3-5,9-10H,1,6-8,11-14H2,2H3. The number of hydrogen-bond donors (Lipinski definition) is 0. The van der Waals surface area contributed by atoms with E-state index in [1.54, 1.807) is 10.6 Å². The molecule has 4 heterocycles. The molecule has 6 nitrogen and oxygen atoms in total. The van der Waals surface area contributed by atoms with Crippen LogP contribution >= 0.6 is 0 Å². The normalized spacial score (nSPS) is 26.8. The Kier molecular flexibility index (Phi) is 3.88. The van der Waals surface area contributed by atoms with Gasteiger partial charge in [0.2, 0.25) is 5.88 Å². The summed E-state index contributed by atoms with van der Waals surface area (Å²) in [5.41, 5.74) is 2.86. The minimum atomic E-state index is -0.270. The first kappa shape index (κ1) is 17.5. The molecule has 4 aliphatic rings. The second-order valence-electron chi connectivity index (χ2n) is 8.51. The molecule has 6 rings (SSSR count). The van der Waals surface area contributed by atoms with E-state index in [4.69, 9.17) is 14.2 Å². The van der Waals surface area contributed by atoms with Gasteiger partial charge in [-0.2, -0.15) is 4.98 Å². The van der Waals surface area contributed by atoms with Crippen molar-refractivity contribution in [1.82, 2.24) is 9.55 Å². The molecule has 1 aromatic heterocycles. The van der Waals surface area contributed by atoms with Gasteiger partial charge >= 0.3 is 5.69 Å². The molecule has 0 amide bonds. The van der Waals surface area contributed by atoms with E-state index in [9.17, 15) is 4.79 Å². The highest BCUT2D eigenvalue weighted by molar-refractivity contribution is 5.67. The van der Waals surface area contributed by atoms with E-state index < -0.39 is 0 Å². The summed E-state index contributed by atoms with van der Waals surface area (Å²) in [7, 11) is 0. The molecule has 2 bridgehead atoms. The van der Waals surface area contributed by atoms with E-state index in [0.717, 1.165) is 48.4 Å². The van der Waals surface area contributed by atoms with Gasteiger partial charge in [-0.3, -0.25) is 4.57 Å². The maximum Gasteiger partial charge on any atom is 0.351 e. The summed E-state index contributed by atoms with van der Waals surface area (Å²) in [6.07, 6.45) is 4.52. The summed E-state index contributed by atoms with van der Waals surface area (Å²) >= 11 is 0. The van der Waals surface area contributed by atoms with E-state index >= 15 is 0 Å². The molecule has 3 aliphatic heterocycles. The van der Waals surface area contributed by atoms with Gasteiger partial charge < -0.3 is 14.2 Å². The van der Waals surface area contributed by atoms with Crippen LogP contribution in [0.25, 0.3) is 11.3 Å². The van der Waals surface area contributed by atoms with Crippen molar-refractivity contribution in [3.63, 3.8) is 0 Å². The summed E-state index contributed by atoms with van der Waals surface area (Å²) in [5.74, 6) is 1.18. The molecule has 28 heavy (non-hydrogen) atoms. The summed E-state index contributed by atoms with van der Waals surface area (Å²) in [5, 5.41) is 0. The van der Waals surface area contributed by atoms with Gasteiger partial charge in [-0.25, -0.2) is 4.79 Å². The smallest absolute Gasteiger partial charge is 0.351 e. The fourth-order valence-corrected chi connectivity index (χ4v) is 4.89. The molecular formula is C22H24N2O4. The lowest BCUT2D eigenvalue weighted by atomic mass is 9.64. The number of nitrogens with zero attached hydrogens (tertiary/aromatic N) is 2. The number of fused-ring (bicyclic) bond motifs is 4. The largest absolute Gasteiger partial charge is 0.490 e. The predicted molar refractivity (Wildman–Crippen MR) is 105 cm³/mol. The Morgan fingerprint density at radius 2 is 2.18 bits per heavy atom. The van der Waals surface area contributed by atoms with Gasteiger partial charge in [0.05, 0.1) is 12.3 Å². The molecule has 1 aliphatic carbocycles. The fourth-order valence-electron chi connectivity index (χ4n) is 4.89. The average molecular weight is 380 g/mol. The van der Waals surface area contributed by atoms with Crippen molar-refractivity contribution in [2.45, 2.75) is 38.3 Å². The molecular weight excluding hydrogens is 356 g/mol. The Morgan fingerprint density at radius 1 is 1.32 bits per heavy atom. The molecule has 146 valence electrons. The topological polar surface area (TPSA) is 62.6 Å². The Labute approximate surface area is 163 Å². The summed E-state index contributed by atoms with van der Waals surface area (Å²) in [6, 6.07) is 7.82. The van der Waals surface area contributed by atoms with Crippen molar-refractivity contribution >= 4 is 0 Å².